The zero-order chi connectivity index (χ0) is 20.8. The van der Waals surface area contributed by atoms with E-state index in [9.17, 15) is 4.79 Å². The molecule has 0 atom stereocenters. The number of aromatic nitrogens is 4. The number of rotatable bonds is 4. The molecule has 3 aromatic heterocycles. The molecule has 5 heteroatoms. The van der Waals surface area contributed by atoms with E-state index in [1.165, 1.54) is 0 Å². The molecule has 0 bridgehead atoms. The quantitative estimate of drug-likeness (QED) is 0.426. The van der Waals surface area contributed by atoms with Gasteiger partial charge in [-0.3, -0.25) is 4.79 Å². The van der Waals surface area contributed by atoms with Crippen LogP contribution in [0.3, 0.4) is 0 Å². The van der Waals surface area contributed by atoms with Gasteiger partial charge in [-0.05, 0) is 19.9 Å². The molecular weight excluding hydrogens is 372 g/mol. The van der Waals surface area contributed by atoms with Crippen LogP contribution in [-0.2, 0) is 7.05 Å². The number of benzene rings is 2. The predicted molar refractivity (Wildman–Crippen MR) is 119 cm³/mol. The zero-order valence-corrected chi connectivity index (χ0v) is 17.2. The summed E-state index contributed by atoms with van der Waals surface area (Å²) in [5.41, 5.74) is 6.51. The molecule has 0 fully saturated rings. The van der Waals surface area contributed by atoms with Crippen LogP contribution in [-0.4, -0.2) is 24.9 Å². The summed E-state index contributed by atoms with van der Waals surface area (Å²) in [6.45, 7) is 4.01. The van der Waals surface area contributed by atoms with Crippen molar-refractivity contribution in [2.45, 2.75) is 13.8 Å². The third kappa shape index (κ3) is 2.78. The first kappa shape index (κ1) is 18.2. The maximum Gasteiger partial charge on any atom is 0.195 e. The molecule has 5 aromatic rings. The SMILES string of the molecule is Cc1ccc(C(=O)c2c(-c3cn(C)c4ccccc34)cn(-c3cnc[nH]3)c2C)cc1. The zero-order valence-electron chi connectivity index (χ0n) is 17.2. The molecule has 0 spiro atoms. The minimum atomic E-state index is 0.0219. The van der Waals surface area contributed by atoms with Gasteiger partial charge in [0, 0.05) is 52.7 Å². The molecular formula is C25H22N4O. The van der Waals surface area contributed by atoms with Crippen LogP contribution in [0.25, 0.3) is 27.8 Å². The van der Waals surface area contributed by atoms with Crippen molar-refractivity contribution in [2.24, 2.45) is 7.05 Å². The second-order valence-corrected chi connectivity index (χ2v) is 7.68. The summed E-state index contributed by atoms with van der Waals surface area (Å²) >= 11 is 0. The Hall–Kier alpha value is -3.86. The molecule has 5 rings (SSSR count). The average molecular weight is 394 g/mol. The second-order valence-electron chi connectivity index (χ2n) is 7.68. The van der Waals surface area contributed by atoms with E-state index in [0.29, 0.717) is 11.1 Å². The lowest BCUT2D eigenvalue weighted by atomic mass is 9.95. The summed E-state index contributed by atoms with van der Waals surface area (Å²) in [4.78, 5) is 21.0. The smallest absolute Gasteiger partial charge is 0.195 e. The number of para-hydroxylation sites is 1. The van der Waals surface area contributed by atoms with E-state index in [0.717, 1.165) is 39.1 Å². The van der Waals surface area contributed by atoms with Crippen molar-refractivity contribution < 1.29 is 4.79 Å². The van der Waals surface area contributed by atoms with Crippen LogP contribution in [0.15, 0.2) is 73.4 Å². The fourth-order valence-corrected chi connectivity index (χ4v) is 4.13. The fourth-order valence-electron chi connectivity index (χ4n) is 4.13. The van der Waals surface area contributed by atoms with Crippen LogP contribution in [0.2, 0.25) is 0 Å². The molecule has 0 saturated carbocycles. The number of carbonyl (C=O) groups is 1. The van der Waals surface area contributed by atoms with Gasteiger partial charge in [0.05, 0.1) is 18.1 Å². The number of hydrogen-bond acceptors (Lipinski definition) is 2. The van der Waals surface area contributed by atoms with Crippen molar-refractivity contribution in [1.29, 1.82) is 0 Å². The molecule has 3 heterocycles. The Morgan fingerprint density at radius 1 is 0.967 bits per heavy atom. The maximum atomic E-state index is 13.7. The minimum absolute atomic E-state index is 0.0219. The first-order valence-corrected chi connectivity index (χ1v) is 9.91. The van der Waals surface area contributed by atoms with Gasteiger partial charge in [-0.2, -0.15) is 0 Å². The average Bonchev–Trinajstić information content (AvgIpc) is 3.47. The molecule has 0 unspecified atom stereocenters. The number of ketones is 1. The maximum absolute atomic E-state index is 13.7. The Balaban J connectivity index is 1.78. The normalized spacial score (nSPS) is 11.3. The molecule has 0 amide bonds. The van der Waals surface area contributed by atoms with Crippen LogP contribution >= 0.6 is 0 Å². The van der Waals surface area contributed by atoms with Crippen LogP contribution in [0.4, 0.5) is 0 Å². The van der Waals surface area contributed by atoms with E-state index in [4.69, 9.17) is 0 Å². The van der Waals surface area contributed by atoms with E-state index in [-0.39, 0.29) is 5.78 Å². The van der Waals surface area contributed by atoms with Crippen LogP contribution in [0.5, 0.6) is 0 Å². The lowest BCUT2D eigenvalue weighted by Crippen LogP contribution is -2.05. The van der Waals surface area contributed by atoms with Crippen molar-refractivity contribution in [1.82, 2.24) is 19.1 Å². The van der Waals surface area contributed by atoms with Crippen molar-refractivity contribution in [2.75, 3.05) is 0 Å². The van der Waals surface area contributed by atoms with Gasteiger partial charge in [0.2, 0.25) is 0 Å². The summed E-state index contributed by atoms with van der Waals surface area (Å²) in [7, 11) is 2.03. The van der Waals surface area contributed by atoms with Gasteiger partial charge >= 0.3 is 0 Å². The Morgan fingerprint density at radius 2 is 1.73 bits per heavy atom. The predicted octanol–water partition coefficient (Wildman–Crippen LogP) is 5.21. The molecule has 1 N–H and O–H groups in total. The van der Waals surface area contributed by atoms with Gasteiger partial charge in [0.15, 0.2) is 5.78 Å². The highest BCUT2D eigenvalue weighted by molar-refractivity contribution is 6.15. The summed E-state index contributed by atoms with van der Waals surface area (Å²) in [6.07, 6.45) is 7.54. The second kappa shape index (κ2) is 6.88. The Labute approximate surface area is 174 Å². The number of aromatic amines is 1. The fraction of sp³-hybridized carbons (Fsp3) is 0.120. The third-order valence-electron chi connectivity index (χ3n) is 5.72. The third-order valence-corrected chi connectivity index (χ3v) is 5.72. The van der Waals surface area contributed by atoms with E-state index in [2.05, 4.69) is 32.9 Å². The van der Waals surface area contributed by atoms with Gasteiger partial charge in [-0.1, -0.05) is 48.0 Å². The highest BCUT2D eigenvalue weighted by atomic mass is 16.1. The molecule has 0 aliphatic rings. The number of hydrogen-bond donors (Lipinski definition) is 1. The van der Waals surface area contributed by atoms with E-state index >= 15 is 0 Å². The number of H-pyrrole nitrogens is 1. The monoisotopic (exact) mass is 394 g/mol. The molecule has 0 radical (unpaired) electrons. The van der Waals surface area contributed by atoms with Crippen molar-refractivity contribution in [3.05, 3.63) is 95.8 Å². The highest BCUT2D eigenvalue weighted by Gasteiger charge is 2.24. The van der Waals surface area contributed by atoms with Crippen molar-refractivity contribution in [3.8, 4) is 16.9 Å². The molecule has 2 aromatic carbocycles. The summed E-state index contributed by atoms with van der Waals surface area (Å²) in [6, 6.07) is 16.0. The number of nitrogens with zero attached hydrogens (tertiary/aromatic N) is 3. The van der Waals surface area contributed by atoms with Gasteiger partial charge in [0.25, 0.3) is 0 Å². The van der Waals surface area contributed by atoms with Gasteiger partial charge in [0.1, 0.15) is 5.82 Å². The number of fused-ring (bicyclic) bond motifs is 1. The highest BCUT2D eigenvalue weighted by Crippen LogP contribution is 2.36. The van der Waals surface area contributed by atoms with Gasteiger partial charge < -0.3 is 14.1 Å². The van der Waals surface area contributed by atoms with Crippen LogP contribution in [0.1, 0.15) is 27.2 Å². The van der Waals surface area contributed by atoms with Gasteiger partial charge in [-0.15, -0.1) is 0 Å². The molecule has 0 saturated heterocycles. The van der Waals surface area contributed by atoms with Crippen molar-refractivity contribution >= 4 is 16.7 Å². The summed E-state index contributed by atoms with van der Waals surface area (Å²) < 4.78 is 4.11. The first-order valence-electron chi connectivity index (χ1n) is 9.91. The van der Waals surface area contributed by atoms with E-state index in [1.807, 2.05) is 68.1 Å². The van der Waals surface area contributed by atoms with Crippen LogP contribution < -0.4 is 0 Å². The summed E-state index contributed by atoms with van der Waals surface area (Å²) in [5.74, 6) is 0.852. The molecule has 0 aliphatic heterocycles. The molecule has 5 nitrogen and oxygen atoms in total. The number of imidazole rings is 1. The molecule has 30 heavy (non-hydrogen) atoms. The number of carbonyl (C=O) groups excluding carboxylic acids is 1. The number of aryl methyl sites for hydroxylation is 2. The van der Waals surface area contributed by atoms with E-state index < -0.39 is 0 Å². The standard InChI is InChI=1S/C25H22N4O/c1-16-8-10-18(11-9-16)25(30)24-17(2)29(23-12-26-15-27-23)14-21(24)20-13-28(3)22-7-5-4-6-19(20)22/h4-15H,1-3H3,(H,26,27). The molecule has 0 aliphatic carbocycles. The summed E-state index contributed by atoms with van der Waals surface area (Å²) in [5, 5.41) is 1.12. The molecule has 148 valence electrons. The Bertz CT molecular complexity index is 1370. The number of nitrogens with one attached hydrogen (secondary N) is 1. The minimum Gasteiger partial charge on any atom is -0.350 e. The van der Waals surface area contributed by atoms with Crippen LogP contribution in [0, 0.1) is 13.8 Å². The lowest BCUT2D eigenvalue weighted by Gasteiger charge is -2.06. The van der Waals surface area contributed by atoms with E-state index in [1.54, 1.807) is 12.5 Å². The largest absolute Gasteiger partial charge is 0.350 e. The lowest BCUT2D eigenvalue weighted by molar-refractivity contribution is 0.103. The van der Waals surface area contributed by atoms with Gasteiger partial charge in [-0.25, -0.2) is 4.98 Å². The topological polar surface area (TPSA) is 55.6 Å². The Morgan fingerprint density at radius 3 is 2.47 bits per heavy atom. The first-order chi connectivity index (χ1) is 14.5. The van der Waals surface area contributed by atoms with Crippen molar-refractivity contribution in [3.63, 3.8) is 0 Å². The Kier molecular flexibility index (Phi) is 4.17.